The lowest BCUT2D eigenvalue weighted by Crippen LogP contribution is -2.32. The zero-order valence-electron chi connectivity index (χ0n) is 17.3. The van der Waals surface area contributed by atoms with E-state index in [4.69, 9.17) is 0 Å². The quantitative estimate of drug-likeness (QED) is 0.753. The van der Waals surface area contributed by atoms with Crippen LogP contribution < -0.4 is 10.6 Å². The molecule has 154 valence electrons. The minimum absolute atomic E-state index is 0.123. The second-order valence-corrected chi connectivity index (χ2v) is 8.11. The third-order valence-electron chi connectivity index (χ3n) is 5.10. The number of rotatable bonds is 7. The Hall–Kier alpha value is -2.80. The summed E-state index contributed by atoms with van der Waals surface area (Å²) >= 11 is 0. The number of amides is 2. The molecular formula is C22H29N5O2. The van der Waals surface area contributed by atoms with Crippen molar-refractivity contribution in [2.24, 2.45) is 11.8 Å². The summed E-state index contributed by atoms with van der Waals surface area (Å²) < 4.78 is 0. The monoisotopic (exact) mass is 395 g/mol. The number of anilines is 1. The van der Waals surface area contributed by atoms with Gasteiger partial charge < -0.3 is 15.5 Å². The molecule has 1 aliphatic heterocycles. The maximum atomic E-state index is 12.6. The first-order chi connectivity index (χ1) is 13.9. The number of carbonyl (C=O) groups is 2. The Kier molecular flexibility index (Phi) is 6.93. The summed E-state index contributed by atoms with van der Waals surface area (Å²) in [5.41, 5.74) is 2.23. The van der Waals surface area contributed by atoms with Crippen LogP contribution in [0.4, 0.5) is 5.69 Å². The lowest BCUT2D eigenvalue weighted by atomic mass is 10.1. The molecule has 7 heteroatoms. The molecule has 1 aromatic heterocycles. The molecule has 1 fully saturated rings. The van der Waals surface area contributed by atoms with Crippen molar-refractivity contribution < 1.29 is 9.59 Å². The van der Waals surface area contributed by atoms with Crippen LogP contribution in [0.25, 0.3) is 0 Å². The van der Waals surface area contributed by atoms with Gasteiger partial charge in [0.05, 0.1) is 0 Å². The van der Waals surface area contributed by atoms with E-state index in [9.17, 15) is 9.59 Å². The number of benzene rings is 1. The van der Waals surface area contributed by atoms with Crippen molar-refractivity contribution >= 4 is 17.5 Å². The van der Waals surface area contributed by atoms with Crippen molar-refractivity contribution in [1.29, 1.82) is 0 Å². The highest BCUT2D eigenvalue weighted by molar-refractivity contribution is 6.04. The fraction of sp³-hybridized carbons (Fsp3) is 0.455. The Balaban J connectivity index is 1.57. The molecule has 1 saturated heterocycles. The van der Waals surface area contributed by atoms with E-state index in [-0.39, 0.29) is 17.5 Å². The minimum Gasteiger partial charge on any atom is -0.352 e. The largest absolute Gasteiger partial charge is 0.352 e. The number of hydrogen-bond acceptors (Lipinski definition) is 5. The SMILES string of the molecule is Cc1ccc(C(=O)NCC2CCN(CC(C)C)C2)cc1NC(=O)c1cccnn1. The van der Waals surface area contributed by atoms with E-state index in [0.717, 1.165) is 31.6 Å². The maximum absolute atomic E-state index is 12.6. The number of nitrogens with one attached hydrogen (secondary N) is 2. The van der Waals surface area contributed by atoms with E-state index in [1.54, 1.807) is 24.3 Å². The van der Waals surface area contributed by atoms with Gasteiger partial charge in [-0.3, -0.25) is 9.59 Å². The van der Waals surface area contributed by atoms with Crippen molar-refractivity contribution in [2.75, 3.05) is 31.5 Å². The first kappa shape index (κ1) is 20.9. The fourth-order valence-corrected chi connectivity index (χ4v) is 3.61. The van der Waals surface area contributed by atoms with Gasteiger partial charge in [0.2, 0.25) is 0 Å². The molecule has 1 unspecified atom stereocenters. The van der Waals surface area contributed by atoms with E-state index in [1.807, 2.05) is 13.0 Å². The Morgan fingerprint density at radius 3 is 2.79 bits per heavy atom. The van der Waals surface area contributed by atoms with E-state index in [1.165, 1.54) is 6.20 Å². The molecule has 1 aliphatic rings. The van der Waals surface area contributed by atoms with Crippen molar-refractivity contribution in [3.8, 4) is 0 Å². The average Bonchev–Trinajstić information content (AvgIpc) is 3.15. The average molecular weight is 396 g/mol. The predicted molar refractivity (Wildman–Crippen MR) is 113 cm³/mol. The molecular weight excluding hydrogens is 366 g/mol. The van der Waals surface area contributed by atoms with E-state index < -0.39 is 0 Å². The van der Waals surface area contributed by atoms with Gasteiger partial charge >= 0.3 is 0 Å². The normalized spacial score (nSPS) is 16.8. The smallest absolute Gasteiger partial charge is 0.276 e. The standard InChI is InChI=1S/C22H29N5O2/c1-15(2)13-27-10-8-17(14-27)12-23-21(28)18-7-6-16(3)20(11-18)25-22(29)19-5-4-9-24-26-19/h4-7,9,11,15,17H,8,10,12-14H2,1-3H3,(H,23,28)(H,25,29). The van der Waals surface area contributed by atoms with Crippen molar-refractivity contribution in [3.05, 3.63) is 53.3 Å². The number of likely N-dealkylation sites (tertiary alicyclic amines) is 1. The third kappa shape index (κ3) is 5.84. The molecule has 29 heavy (non-hydrogen) atoms. The van der Waals surface area contributed by atoms with Gasteiger partial charge in [0.1, 0.15) is 0 Å². The molecule has 0 radical (unpaired) electrons. The number of hydrogen-bond donors (Lipinski definition) is 2. The zero-order valence-corrected chi connectivity index (χ0v) is 17.3. The molecule has 3 rings (SSSR count). The molecule has 2 aromatic rings. The summed E-state index contributed by atoms with van der Waals surface area (Å²) in [6, 6.07) is 8.57. The number of aryl methyl sites for hydroxylation is 1. The third-order valence-corrected chi connectivity index (χ3v) is 5.10. The summed E-state index contributed by atoms with van der Waals surface area (Å²) in [5.74, 6) is 0.669. The second kappa shape index (κ2) is 9.60. The van der Waals surface area contributed by atoms with Crippen LogP contribution in [0.1, 0.15) is 46.7 Å². The fourth-order valence-electron chi connectivity index (χ4n) is 3.61. The van der Waals surface area contributed by atoms with Crippen LogP contribution in [-0.4, -0.2) is 53.1 Å². The second-order valence-electron chi connectivity index (χ2n) is 8.11. The summed E-state index contributed by atoms with van der Waals surface area (Å²) in [5, 5.41) is 13.4. The van der Waals surface area contributed by atoms with Crippen molar-refractivity contribution in [3.63, 3.8) is 0 Å². The van der Waals surface area contributed by atoms with Gasteiger partial charge in [-0.2, -0.15) is 5.10 Å². The predicted octanol–water partition coefficient (Wildman–Crippen LogP) is 2.75. The Bertz CT molecular complexity index is 854. The molecule has 0 bridgehead atoms. The van der Waals surface area contributed by atoms with E-state index in [0.29, 0.717) is 29.6 Å². The summed E-state index contributed by atoms with van der Waals surface area (Å²) in [7, 11) is 0. The van der Waals surface area contributed by atoms with Crippen molar-refractivity contribution in [1.82, 2.24) is 20.4 Å². The lowest BCUT2D eigenvalue weighted by molar-refractivity contribution is 0.0945. The van der Waals surface area contributed by atoms with Gasteiger partial charge in [-0.1, -0.05) is 19.9 Å². The summed E-state index contributed by atoms with van der Waals surface area (Å²) in [6.07, 6.45) is 2.62. The highest BCUT2D eigenvalue weighted by Crippen LogP contribution is 2.19. The molecule has 0 spiro atoms. The highest BCUT2D eigenvalue weighted by Gasteiger charge is 2.23. The molecule has 2 heterocycles. The first-order valence-corrected chi connectivity index (χ1v) is 10.1. The topological polar surface area (TPSA) is 87.2 Å². The highest BCUT2D eigenvalue weighted by atomic mass is 16.2. The summed E-state index contributed by atoms with van der Waals surface area (Å²) in [4.78, 5) is 27.4. The number of aromatic nitrogens is 2. The van der Waals surface area contributed by atoms with Gasteiger partial charge in [0, 0.05) is 37.1 Å². The Morgan fingerprint density at radius 1 is 1.24 bits per heavy atom. The van der Waals surface area contributed by atoms with Gasteiger partial charge in [0.25, 0.3) is 11.8 Å². The van der Waals surface area contributed by atoms with Crippen LogP contribution in [-0.2, 0) is 0 Å². The van der Waals surface area contributed by atoms with Gasteiger partial charge in [-0.25, -0.2) is 0 Å². The van der Waals surface area contributed by atoms with Gasteiger partial charge in [0.15, 0.2) is 5.69 Å². The van der Waals surface area contributed by atoms with Crippen LogP contribution in [0.15, 0.2) is 36.5 Å². The minimum atomic E-state index is -0.352. The molecule has 0 saturated carbocycles. The van der Waals surface area contributed by atoms with Crippen LogP contribution in [0.5, 0.6) is 0 Å². The molecule has 1 aromatic carbocycles. The number of nitrogens with zero attached hydrogens (tertiary/aromatic N) is 3. The van der Waals surface area contributed by atoms with Crippen LogP contribution in [0.3, 0.4) is 0 Å². The molecule has 7 nitrogen and oxygen atoms in total. The van der Waals surface area contributed by atoms with Gasteiger partial charge in [-0.05, 0) is 61.6 Å². The molecule has 2 N–H and O–H groups in total. The molecule has 1 atom stereocenters. The Morgan fingerprint density at radius 2 is 2.07 bits per heavy atom. The van der Waals surface area contributed by atoms with Crippen LogP contribution in [0, 0.1) is 18.8 Å². The van der Waals surface area contributed by atoms with Crippen molar-refractivity contribution in [2.45, 2.75) is 27.2 Å². The lowest BCUT2D eigenvalue weighted by Gasteiger charge is -2.18. The van der Waals surface area contributed by atoms with E-state index >= 15 is 0 Å². The van der Waals surface area contributed by atoms with Crippen LogP contribution in [0.2, 0.25) is 0 Å². The maximum Gasteiger partial charge on any atom is 0.276 e. The first-order valence-electron chi connectivity index (χ1n) is 10.1. The van der Waals surface area contributed by atoms with Crippen LogP contribution >= 0.6 is 0 Å². The molecule has 2 amide bonds. The van der Waals surface area contributed by atoms with E-state index in [2.05, 4.69) is 39.6 Å². The molecule has 0 aliphatic carbocycles. The summed E-state index contributed by atoms with van der Waals surface area (Å²) in [6.45, 7) is 10.3. The Labute approximate surface area is 171 Å². The number of carbonyl (C=O) groups excluding carboxylic acids is 2. The zero-order chi connectivity index (χ0) is 20.8. The van der Waals surface area contributed by atoms with Gasteiger partial charge in [-0.15, -0.1) is 5.10 Å².